The van der Waals surface area contributed by atoms with Gasteiger partial charge in [0.15, 0.2) is 0 Å². The van der Waals surface area contributed by atoms with E-state index >= 15 is 0 Å². The highest BCUT2D eigenvalue weighted by molar-refractivity contribution is 9.10. The molecule has 0 bridgehead atoms. The average Bonchev–Trinajstić information content (AvgIpc) is 2.76. The Labute approximate surface area is 106 Å². The number of benzene rings is 1. The fourth-order valence-electron chi connectivity index (χ4n) is 1.81. The summed E-state index contributed by atoms with van der Waals surface area (Å²) < 4.78 is 15.8. The summed E-state index contributed by atoms with van der Waals surface area (Å²) in [5, 5.41) is 1.04. The van der Waals surface area contributed by atoms with E-state index in [1.807, 2.05) is 35.0 Å². The topological polar surface area (TPSA) is 17.8 Å². The van der Waals surface area contributed by atoms with Crippen LogP contribution in [-0.4, -0.2) is 9.55 Å². The van der Waals surface area contributed by atoms with Crippen molar-refractivity contribution in [3.63, 3.8) is 0 Å². The SMILES string of the molecule is Fc1cc(-n2ccc3cccnc32)ccc1Br. The molecule has 0 aliphatic rings. The van der Waals surface area contributed by atoms with Crippen LogP contribution in [0, 0.1) is 5.82 Å². The van der Waals surface area contributed by atoms with Gasteiger partial charge in [0.2, 0.25) is 0 Å². The summed E-state index contributed by atoms with van der Waals surface area (Å²) in [7, 11) is 0. The molecule has 2 aromatic heterocycles. The van der Waals surface area contributed by atoms with Crippen LogP contribution in [0.25, 0.3) is 16.7 Å². The Hall–Kier alpha value is -1.68. The van der Waals surface area contributed by atoms with Gasteiger partial charge in [0.1, 0.15) is 11.5 Å². The number of fused-ring (bicyclic) bond motifs is 1. The molecule has 0 amide bonds. The van der Waals surface area contributed by atoms with Gasteiger partial charge in [-0.3, -0.25) is 0 Å². The van der Waals surface area contributed by atoms with E-state index in [9.17, 15) is 4.39 Å². The van der Waals surface area contributed by atoms with Crippen LogP contribution in [0.5, 0.6) is 0 Å². The maximum atomic E-state index is 13.5. The van der Waals surface area contributed by atoms with Crippen molar-refractivity contribution in [3.8, 4) is 5.69 Å². The second-order valence-electron chi connectivity index (χ2n) is 3.70. The molecule has 2 heterocycles. The first-order valence-electron chi connectivity index (χ1n) is 5.13. The van der Waals surface area contributed by atoms with Gasteiger partial charge in [-0.2, -0.15) is 0 Å². The molecule has 0 unspecified atom stereocenters. The molecule has 3 rings (SSSR count). The second kappa shape index (κ2) is 3.96. The summed E-state index contributed by atoms with van der Waals surface area (Å²) in [4.78, 5) is 4.30. The Bertz CT molecular complexity index is 691. The van der Waals surface area contributed by atoms with Crippen LogP contribution in [0.15, 0.2) is 53.3 Å². The molecule has 0 radical (unpaired) electrons. The zero-order chi connectivity index (χ0) is 11.8. The average molecular weight is 291 g/mol. The van der Waals surface area contributed by atoms with Crippen LogP contribution in [0.2, 0.25) is 0 Å². The molecule has 1 aromatic carbocycles. The van der Waals surface area contributed by atoms with Gasteiger partial charge in [-0.15, -0.1) is 0 Å². The maximum absolute atomic E-state index is 13.5. The summed E-state index contributed by atoms with van der Waals surface area (Å²) in [6.45, 7) is 0. The fraction of sp³-hybridized carbons (Fsp3) is 0. The number of pyridine rings is 1. The van der Waals surface area contributed by atoms with E-state index in [4.69, 9.17) is 0 Å². The van der Waals surface area contributed by atoms with Crippen molar-refractivity contribution in [2.24, 2.45) is 0 Å². The lowest BCUT2D eigenvalue weighted by molar-refractivity contribution is 0.620. The molecule has 0 aliphatic carbocycles. The Morgan fingerprint density at radius 1 is 1.18 bits per heavy atom. The summed E-state index contributed by atoms with van der Waals surface area (Å²) in [6, 6.07) is 10.9. The molecule has 0 N–H and O–H groups in total. The lowest BCUT2D eigenvalue weighted by atomic mass is 10.3. The Morgan fingerprint density at radius 2 is 2.06 bits per heavy atom. The third-order valence-corrected chi connectivity index (χ3v) is 3.27. The minimum atomic E-state index is -0.278. The van der Waals surface area contributed by atoms with Crippen molar-refractivity contribution < 1.29 is 4.39 Å². The van der Waals surface area contributed by atoms with Gasteiger partial charge in [-0.25, -0.2) is 9.37 Å². The van der Waals surface area contributed by atoms with E-state index in [0.29, 0.717) is 4.47 Å². The number of nitrogens with zero attached hydrogens (tertiary/aromatic N) is 2. The summed E-state index contributed by atoms with van der Waals surface area (Å²) in [5.74, 6) is -0.278. The van der Waals surface area contributed by atoms with Gasteiger partial charge >= 0.3 is 0 Å². The van der Waals surface area contributed by atoms with Crippen molar-refractivity contribution in [2.75, 3.05) is 0 Å². The minimum Gasteiger partial charge on any atom is -0.301 e. The molecule has 0 aliphatic heterocycles. The first-order valence-corrected chi connectivity index (χ1v) is 5.92. The van der Waals surface area contributed by atoms with Gasteiger partial charge in [-0.1, -0.05) is 0 Å². The predicted octanol–water partition coefficient (Wildman–Crippen LogP) is 3.93. The molecule has 0 saturated heterocycles. The molecule has 17 heavy (non-hydrogen) atoms. The molecule has 84 valence electrons. The number of hydrogen-bond donors (Lipinski definition) is 0. The van der Waals surface area contributed by atoms with Crippen molar-refractivity contribution in [2.45, 2.75) is 0 Å². The molecule has 0 saturated carbocycles. The van der Waals surface area contributed by atoms with E-state index in [1.165, 1.54) is 6.07 Å². The van der Waals surface area contributed by atoms with Gasteiger partial charge in [0.25, 0.3) is 0 Å². The molecule has 4 heteroatoms. The Kier molecular flexibility index (Phi) is 2.44. The Balaban J connectivity index is 2.24. The highest BCUT2D eigenvalue weighted by Gasteiger charge is 2.06. The van der Waals surface area contributed by atoms with Crippen LogP contribution in [0.4, 0.5) is 4.39 Å². The van der Waals surface area contributed by atoms with Gasteiger partial charge in [0.05, 0.1) is 4.47 Å². The summed E-state index contributed by atoms with van der Waals surface area (Å²) in [6.07, 6.45) is 3.62. The number of halogens is 2. The normalized spacial score (nSPS) is 10.9. The number of aromatic nitrogens is 2. The number of rotatable bonds is 1. The lowest BCUT2D eigenvalue weighted by Crippen LogP contribution is -1.94. The Morgan fingerprint density at radius 3 is 2.88 bits per heavy atom. The number of hydrogen-bond acceptors (Lipinski definition) is 1. The standard InChI is InChI=1S/C13H8BrFN2/c14-11-4-3-10(8-12(11)15)17-7-5-9-2-1-6-16-13(9)17/h1-8H. The zero-order valence-electron chi connectivity index (χ0n) is 8.77. The van der Waals surface area contributed by atoms with Crippen molar-refractivity contribution >= 4 is 27.0 Å². The molecule has 2 nitrogen and oxygen atoms in total. The second-order valence-corrected chi connectivity index (χ2v) is 4.55. The van der Waals surface area contributed by atoms with Crippen LogP contribution in [0.1, 0.15) is 0 Å². The molecule has 3 aromatic rings. The predicted molar refractivity (Wildman–Crippen MR) is 68.7 cm³/mol. The first kappa shape index (κ1) is 10.5. The lowest BCUT2D eigenvalue weighted by Gasteiger charge is -2.05. The molecule has 0 spiro atoms. The van der Waals surface area contributed by atoms with Crippen LogP contribution >= 0.6 is 15.9 Å². The highest BCUT2D eigenvalue weighted by atomic mass is 79.9. The molecule has 0 fully saturated rings. The molecular weight excluding hydrogens is 283 g/mol. The van der Waals surface area contributed by atoms with E-state index in [0.717, 1.165) is 16.7 Å². The molecule has 0 atom stereocenters. The van der Waals surface area contributed by atoms with Gasteiger partial charge < -0.3 is 4.57 Å². The highest BCUT2D eigenvalue weighted by Crippen LogP contribution is 2.22. The smallest absolute Gasteiger partial charge is 0.144 e. The van der Waals surface area contributed by atoms with Gasteiger partial charge in [-0.05, 0) is 52.3 Å². The third-order valence-electron chi connectivity index (χ3n) is 2.63. The zero-order valence-corrected chi connectivity index (χ0v) is 10.4. The third kappa shape index (κ3) is 1.74. The first-order chi connectivity index (χ1) is 8.25. The van der Waals surface area contributed by atoms with E-state index < -0.39 is 0 Å². The van der Waals surface area contributed by atoms with Crippen molar-refractivity contribution in [1.82, 2.24) is 9.55 Å². The minimum absolute atomic E-state index is 0.278. The van der Waals surface area contributed by atoms with E-state index in [1.54, 1.807) is 12.3 Å². The van der Waals surface area contributed by atoms with Crippen LogP contribution in [0.3, 0.4) is 0 Å². The molecular formula is C13H8BrFN2. The van der Waals surface area contributed by atoms with Crippen molar-refractivity contribution in [3.05, 3.63) is 59.1 Å². The van der Waals surface area contributed by atoms with E-state index in [2.05, 4.69) is 20.9 Å². The van der Waals surface area contributed by atoms with E-state index in [-0.39, 0.29) is 5.82 Å². The summed E-state index contributed by atoms with van der Waals surface area (Å²) in [5.41, 5.74) is 1.59. The van der Waals surface area contributed by atoms with Gasteiger partial charge in [0, 0.05) is 23.5 Å². The quantitative estimate of drug-likeness (QED) is 0.664. The van der Waals surface area contributed by atoms with Crippen LogP contribution < -0.4 is 0 Å². The summed E-state index contributed by atoms with van der Waals surface area (Å²) >= 11 is 3.14. The largest absolute Gasteiger partial charge is 0.301 e. The van der Waals surface area contributed by atoms with Crippen LogP contribution in [-0.2, 0) is 0 Å². The fourth-order valence-corrected chi connectivity index (χ4v) is 2.06. The maximum Gasteiger partial charge on any atom is 0.144 e. The monoisotopic (exact) mass is 290 g/mol. The van der Waals surface area contributed by atoms with Crippen molar-refractivity contribution in [1.29, 1.82) is 0 Å².